The first-order chi connectivity index (χ1) is 5.18. The first-order valence-electron chi connectivity index (χ1n) is 3.25. The number of phenolic OH excluding ortho intramolecular Hbond substituents is 1. The zero-order chi connectivity index (χ0) is 8.27. The van der Waals surface area contributed by atoms with E-state index in [1.54, 1.807) is 12.1 Å². The van der Waals surface area contributed by atoms with Crippen molar-refractivity contribution in [1.29, 1.82) is 0 Å². The predicted molar refractivity (Wildman–Crippen MR) is 52.7 cm³/mol. The minimum Gasteiger partial charge on any atom is -0.508 e. The minimum absolute atomic E-state index is 0. The minimum atomic E-state index is -0.115. The van der Waals surface area contributed by atoms with Crippen LogP contribution in [-0.2, 0) is 4.79 Å². The largest absolute Gasteiger partial charge is 0.508 e. The summed E-state index contributed by atoms with van der Waals surface area (Å²) in [6.07, 6.45) is 0. The standard InChI is InChI=1S/C8H9NO2.BrH/c1-6(10)9-7-2-4-8(11)5-3-7;/h2-5,11H,1H3,(H,9,10);1H. The van der Waals surface area contributed by atoms with Crippen molar-refractivity contribution in [3.63, 3.8) is 0 Å². The molecule has 1 rings (SSSR count). The average Bonchev–Trinajstić information content (AvgIpc) is 1.93. The van der Waals surface area contributed by atoms with Crippen LogP contribution in [0.3, 0.4) is 0 Å². The number of rotatable bonds is 1. The molecule has 1 amide bonds. The van der Waals surface area contributed by atoms with Crippen molar-refractivity contribution in [3.05, 3.63) is 24.3 Å². The maximum Gasteiger partial charge on any atom is 0.221 e. The molecule has 0 saturated carbocycles. The zero-order valence-electron chi connectivity index (χ0n) is 6.57. The highest BCUT2D eigenvalue weighted by Crippen LogP contribution is 2.13. The summed E-state index contributed by atoms with van der Waals surface area (Å²) in [5.41, 5.74) is 0.690. The molecule has 1 aromatic rings. The molecule has 0 heterocycles. The van der Waals surface area contributed by atoms with Gasteiger partial charge in [-0.25, -0.2) is 0 Å². The molecule has 0 radical (unpaired) electrons. The van der Waals surface area contributed by atoms with Crippen molar-refractivity contribution < 1.29 is 9.90 Å². The van der Waals surface area contributed by atoms with E-state index in [1.807, 2.05) is 0 Å². The Bertz CT molecular complexity index is 258. The number of hydrogen-bond acceptors (Lipinski definition) is 2. The number of carbonyl (C=O) groups is 1. The van der Waals surface area contributed by atoms with Crippen LogP contribution in [0.25, 0.3) is 0 Å². The summed E-state index contributed by atoms with van der Waals surface area (Å²) in [5.74, 6) is 0.0785. The number of benzene rings is 1. The molecule has 0 aliphatic rings. The van der Waals surface area contributed by atoms with Crippen molar-refractivity contribution in [1.82, 2.24) is 0 Å². The van der Waals surface area contributed by atoms with Crippen molar-refractivity contribution in [2.24, 2.45) is 0 Å². The van der Waals surface area contributed by atoms with Crippen LogP contribution in [0.1, 0.15) is 6.92 Å². The average molecular weight is 232 g/mol. The van der Waals surface area contributed by atoms with Gasteiger partial charge >= 0.3 is 0 Å². The Balaban J connectivity index is 0.00000121. The Kier molecular flexibility index (Phi) is 4.36. The topological polar surface area (TPSA) is 49.3 Å². The van der Waals surface area contributed by atoms with Crippen LogP contribution in [0.5, 0.6) is 5.75 Å². The molecule has 2 N–H and O–H groups in total. The van der Waals surface area contributed by atoms with Crippen LogP contribution < -0.4 is 5.32 Å². The number of hydrogen-bond donors (Lipinski definition) is 2. The Hall–Kier alpha value is -1.03. The predicted octanol–water partition coefficient (Wildman–Crippen LogP) is 1.93. The van der Waals surface area contributed by atoms with Gasteiger partial charge in [0.05, 0.1) is 0 Å². The van der Waals surface area contributed by atoms with Gasteiger partial charge in [-0.15, -0.1) is 17.0 Å². The van der Waals surface area contributed by atoms with Crippen LogP contribution >= 0.6 is 17.0 Å². The second-order valence-electron chi connectivity index (χ2n) is 2.23. The maximum atomic E-state index is 10.5. The Morgan fingerprint density at radius 3 is 2.25 bits per heavy atom. The third-order valence-electron chi connectivity index (χ3n) is 1.19. The molecular weight excluding hydrogens is 222 g/mol. The molecule has 0 aromatic heterocycles. The molecule has 66 valence electrons. The van der Waals surface area contributed by atoms with Crippen molar-refractivity contribution in [2.45, 2.75) is 6.92 Å². The number of phenols is 1. The number of aromatic hydroxyl groups is 1. The van der Waals surface area contributed by atoms with E-state index in [-0.39, 0.29) is 28.6 Å². The van der Waals surface area contributed by atoms with Gasteiger partial charge < -0.3 is 10.4 Å². The molecular formula is C8H10BrNO2. The second kappa shape index (κ2) is 4.77. The number of nitrogens with one attached hydrogen (secondary N) is 1. The smallest absolute Gasteiger partial charge is 0.221 e. The number of halogens is 1. The van der Waals surface area contributed by atoms with E-state index in [0.29, 0.717) is 5.69 Å². The van der Waals surface area contributed by atoms with E-state index in [9.17, 15) is 4.79 Å². The van der Waals surface area contributed by atoms with Gasteiger partial charge in [0.25, 0.3) is 0 Å². The van der Waals surface area contributed by atoms with E-state index in [1.165, 1.54) is 19.1 Å². The third kappa shape index (κ3) is 3.39. The number of carbonyl (C=O) groups excluding carboxylic acids is 1. The van der Waals surface area contributed by atoms with Gasteiger partial charge in [-0.3, -0.25) is 4.79 Å². The van der Waals surface area contributed by atoms with Crippen LogP contribution in [0.4, 0.5) is 5.69 Å². The van der Waals surface area contributed by atoms with Gasteiger partial charge in [0.1, 0.15) is 5.75 Å². The highest BCUT2D eigenvalue weighted by Gasteiger charge is 1.93. The van der Waals surface area contributed by atoms with E-state index in [2.05, 4.69) is 5.32 Å². The summed E-state index contributed by atoms with van der Waals surface area (Å²) in [4.78, 5) is 10.5. The van der Waals surface area contributed by atoms with Gasteiger partial charge in [0.2, 0.25) is 5.91 Å². The van der Waals surface area contributed by atoms with E-state index in [0.717, 1.165) is 0 Å². The van der Waals surface area contributed by atoms with E-state index in [4.69, 9.17) is 5.11 Å². The summed E-state index contributed by atoms with van der Waals surface area (Å²) in [6, 6.07) is 6.31. The van der Waals surface area contributed by atoms with Crippen LogP contribution in [0, 0.1) is 0 Å². The number of amides is 1. The summed E-state index contributed by atoms with van der Waals surface area (Å²) in [6.45, 7) is 1.44. The number of anilines is 1. The Morgan fingerprint density at radius 2 is 1.83 bits per heavy atom. The molecule has 0 saturated heterocycles. The molecule has 1 aromatic carbocycles. The highest BCUT2D eigenvalue weighted by molar-refractivity contribution is 8.93. The van der Waals surface area contributed by atoms with Crippen molar-refractivity contribution in [2.75, 3.05) is 5.32 Å². The van der Waals surface area contributed by atoms with Gasteiger partial charge in [0.15, 0.2) is 0 Å². The fourth-order valence-corrected chi connectivity index (χ4v) is 0.748. The lowest BCUT2D eigenvalue weighted by molar-refractivity contribution is -0.114. The lowest BCUT2D eigenvalue weighted by Crippen LogP contribution is -2.04. The van der Waals surface area contributed by atoms with E-state index >= 15 is 0 Å². The van der Waals surface area contributed by atoms with Crippen molar-refractivity contribution in [3.8, 4) is 5.75 Å². The van der Waals surface area contributed by atoms with Crippen LogP contribution in [0.2, 0.25) is 0 Å². The first-order valence-corrected chi connectivity index (χ1v) is 3.25. The SMILES string of the molecule is Br.CC(=O)Nc1ccc(O)cc1. The van der Waals surface area contributed by atoms with Crippen LogP contribution in [-0.4, -0.2) is 11.0 Å². The maximum absolute atomic E-state index is 10.5. The molecule has 0 fully saturated rings. The highest BCUT2D eigenvalue weighted by atomic mass is 79.9. The normalized spacial score (nSPS) is 8.42. The summed E-state index contributed by atoms with van der Waals surface area (Å²) in [5, 5.41) is 11.5. The zero-order valence-corrected chi connectivity index (χ0v) is 8.29. The molecule has 12 heavy (non-hydrogen) atoms. The summed E-state index contributed by atoms with van der Waals surface area (Å²) in [7, 11) is 0. The Labute approximate surface area is 81.2 Å². The summed E-state index contributed by atoms with van der Waals surface area (Å²) < 4.78 is 0. The van der Waals surface area contributed by atoms with Gasteiger partial charge in [-0.2, -0.15) is 0 Å². The molecule has 0 aliphatic carbocycles. The molecule has 0 atom stereocenters. The quantitative estimate of drug-likeness (QED) is 0.727. The molecule has 0 unspecified atom stereocenters. The molecule has 0 aliphatic heterocycles. The monoisotopic (exact) mass is 231 g/mol. The van der Waals surface area contributed by atoms with Gasteiger partial charge in [0, 0.05) is 12.6 Å². The fourth-order valence-electron chi connectivity index (χ4n) is 0.748. The summed E-state index contributed by atoms with van der Waals surface area (Å²) >= 11 is 0. The van der Waals surface area contributed by atoms with Crippen molar-refractivity contribution >= 4 is 28.6 Å². The van der Waals surface area contributed by atoms with Gasteiger partial charge in [-0.05, 0) is 24.3 Å². The molecule has 3 nitrogen and oxygen atoms in total. The molecule has 0 bridgehead atoms. The fraction of sp³-hybridized carbons (Fsp3) is 0.125. The first kappa shape index (κ1) is 11.0. The lowest BCUT2D eigenvalue weighted by atomic mass is 10.3. The second-order valence-corrected chi connectivity index (χ2v) is 2.23. The third-order valence-corrected chi connectivity index (χ3v) is 1.19. The molecule has 4 heteroatoms. The van der Waals surface area contributed by atoms with E-state index < -0.39 is 0 Å². The van der Waals surface area contributed by atoms with Crippen LogP contribution in [0.15, 0.2) is 24.3 Å². The Morgan fingerprint density at radius 1 is 1.33 bits per heavy atom. The lowest BCUT2D eigenvalue weighted by Gasteiger charge is -1.99. The molecule has 0 spiro atoms. The van der Waals surface area contributed by atoms with Gasteiger partial charge in [-0.1, -0.05) is 0 Å².